The molecule has 8 nitrogen and oxygen atoms in total. The minimum Gasteiger partial charge on any atom is -0.390 e. The Bertz CT molecular complexity index is 1090. The molecule has 2 aromatic rings. The first kappa shape index (κ1) is 26.2. The van der Waals surface area contributed by atoms with Gasteiger partial charge in [0.15, 0.2) is 0 Å². The average Bonchev–Trinajstić information content (AvgIpc) is 3.22. The zero-order valence-corrected chi connectivity index (χ0v) is 21.1. The molecule has 194 valence electrons. The third-order valence-corrected chi connectivity index (χ3v) is 6.97. The number of rotatable bonds is 7. The van der Waals surface area contributed by atoms with Crippen LogP contribution in [0.1, 0.15) is 42.6 Å². The van der Waals surface area contributed by atoms with Crippen LogP contribution in [0.5, 0.6) is 5.75 Å². The lowest BCUT2D eigenvalue weighted by atomic mass is 10.0. The van der Waals surface area contributed by atoms with Crippen molar-refractivity contribution in [2.45, 2.75) is 51.3 Å². The minimum absolute atomic E-state index is 0.0179. The number of anilines is 1. The van der Waals surface area contributed by atoms with Crippen molar-refractivity contribution in [2.24, 2.45) is 0 Å². The van der Waals surface area contributed by atoms with Crippen LogP contribution in [0.3, 0.4) is 0 Å². The van der Waals surface area contributed by atoms with Crippen LogP contribution in [-0.4, -0.2) is 66.2 Å². The maximum absolute atomic E-state index is 14.6. The van der Waals surface area contributed by atoms with Crippen molar-refractivity contribution in [1.82, 2.24) is 10.2 Å². The molecule has 2 aromatic carbocycles. The molecule has 10 heteroatoms. The molecule has 0 aliphatic carbocycles. The normalized spacial score (nSPS) is 20.5. The third-order valence-electron chi connectivity index (χ3n) is 6.72. The molecule has 1 amide bonds. The summed E-state index contributed by atoms with van der Waals surface area (Å²) < 4.78 is 14.6. The number of carbonyl (C=O) groups is 2. The highest BCUT2D eigenvalue weighted by Crippen LogP contribution is 2.37. The highest BCUT2D eigenvalue weighted by Gasteiger charge is 2.36. The summed E-state index contributed by atoms with van der Waals surface area (Å²) in [7, 11) is 0. The molecule has 0 radical (unpaired) electrons. The van der Waals surface area contributed by atoms with E-state index >= 15 is 0 Å². The number of piperidine rings is 1. The van der Waals surface area contributed by atoms with Crippen LogP contribution in [0.4, 0.5) is 10.1 Å². The number of aliphatic hydroxyl groups excluding tert-OH is 1. The maximum Gasteiger partial charge on any atom is 0.352 e. The van der Waals surface area contributed by atoms with Gasteiger partial charge in [-0.05, 0) is 55.7 Å². The van der Waals surface area contributed by atoms with Gasteiger partial charge in [-0.15, -0.1) is 0 Å². The number of hydrogen-bond acceptors (Lipinski definition) is 7. The fourth-order valence-electron chi connectivity index (χ4n) is 4.90. The Labute approximate surface area is 214 Å². The molecule has 0 spiro atoms. The lowest BCUT2D eigenvalue weighted by molar-refractivity contribution is -0.210. The van der Waals surface area contributed by atoms with E-state index in [0.29, 0.717) is 47.9 Å². The Hall–Kier alpha value is -2.88. The molecule has 0 unspecified atom stereocenters. The molecule has 2 fully saturated rings. The van der Waals surface area contributed by atoms with Gasteiger partial charge in [0, 0.05) is 55.3 Å². The predicted molar refractivity (Wildman–Crippen MR) is 134 cm³/mol. The van der Waals surface area contributed by atoms with Gasteiger partial charge < -0.3 is 20.2 Å². The number of aliphatic hydroxyl groups is 1. The second-order valence-corrected chi connectivity index (χ2v) is 9.64. The first-order chi connectivity index (χ1) is 17.3. The average molecular weight is 520 g/mol. The van der Waals surface area contributed by atoms with Crippen molar-refractivity contribution < 1.29 is 28.9 Å². The SMILES string of the molecule is CCc1c(F)ccc(OOC(C)=O)c1N1C[C@H](NC2CCN(C(=O)c3ccc(Cl)cc3)CC2)[C@@H](O)C1. The van der Waals surface area contributed by atoms with E-state index < -0.39 is 12.1 Å². The first-order valence-electron chi connectivity index (χ1n) is 12.2. The number of likely N-dealkylation sites (tertiary alicyclic amines) is 1. The number of hydrogen-bond donors (Lipinski definition) is 2. The van der Waals surface area contributed by atoms with Crippen LogP contribution in [-0.2, 0) is 16.1 Å². The van der Waals surface area contributed by atoms with Crippen molar-refractivity contribution >= 4 is 29.2 Å². The van der Waals surface area contributed by atoms with Gasteiger partial charge in [0.25, 0.3) is 5.91 Å². The van der Waals surface area contributed by atoms with Crippen LogP contribution in [0, 0.1) is 5.82 Å². The van der Waals surface area contributed by atoms with Crippen molar-refractivity contribution in [3.05, 3.63) is 58.4 Å². The van der Waals surface area contributed by atoms with Gasteiger partial charge in [-0.1, -0.05) is 18.5 Å². The number of benzene rings is 2. The Morgan fingerprint density at radius 3 is 2.47 bits per heavy atom. The molecule has 36 heavy (non-hydrogen) atoms. The van der Waals surface area contributed by atoms with E-state index in [1.54, 1.807) is 24.3 Å². The summed E-state index contributed by atoms with van der Waals surface area (Å²) in [4.78, 5) is 37.6. The van der Waals surface area contributed by atoms with Crippen molar-refractivity contribution in [2.75, 3.05) is 31.1 Å². The number of nitrogens with one attached hydrogen (secondary N) is 1. The standard InChI is InChI=1S/C26H31ClFN3O5/c1-3-20-21(28)8-9-24(36-35-16(2)32)25(20)31-14-22(23(33)15-31)29-19-10-12-30(13-11-19)26(34)17-4-6-18(27)7-5-17/h4-9,19,22-23,29,33H,3,10-15H2,1-2H3/t22-,23-/m0/s1. The molecule has 2 aliphatic heterocycles. The van der Waals surface area contributed by atoms with Gasteiger partial charge in [0.05, 0.1) is 17.8 Å². The molecule has 2 heterocycles. The summed E-state index contributed by atoms with van der Waals surface area (Å²) in [6, 6.07) is 9.47. The number of nitrogens with zero attached hydrogens (tertiary/aromatic N) is 2. The van der Waals surface area contributed by atoms with Gasteiger partial charge >= 0.3 is 5.97 Å². The summed E-state index contributed by atoms with van der Waals surface area (Å²) in [5.74, 6) is -0.794. The summed E-state index contributed by atoms with van der Waals surface area (Å²) >= 11 is 5.92. The minimum atomic E-state index is -0.687. The van der Waals surface area contributed by atoms with E-state index in [4.69, 9.17) is 21.4 Å². The zero-order valence-electron chi connectivity index (χ0n) is 20.4. The fraction of sp³-hybridized carbons (Fsp3) is 0.462. The van der Waals surface area contributed by atoms with Gasteiger partial charge in [0.2, 0.25) is 5.75 Å². The monoisotopic (exact) mass is 519 g/mol. The fourth-order valence-corrected chi connectivity index (χ4v) is 5.03. The number of β-amino-alcohol motifs (C(OH)–C–C–N with tert-alkyl or cyclic N) is 1. The van der Waals surface area contributed by atoms with Crippen molar-refractivity contribution in [3.8, 4) is 5.75 Å². The predicted octanol–water partition coefficient (Wildman–Crippen LogP) is 3.34. The van der Waals surface area contributed by atoms with Crippen LogP contribution in [0.25, 0.3) is 0 Å². The third kappa shape index (κ3) is 5.91. The smallest absolute Gasteiger partial charge is 0.352 e. The topological polar surface area (TPSA) is 91.3 Å². The van der Waals surface area contributed by atoms with E-state index in [1.165, 1.54) is 19.1 Å². The van der Waals surface area contributed by atoms with Crippen LogP contribution in [0.15, 0.2) is 36.4 Å². The van der Waals surface area contributed by atoms with Crippen molar-refractivity contribution in [3.63, 3.8) is 0 Å². The molecule has 0 bridgehead atoms. The molecule has 2 N–H and O–H groups in total. The lowest BCUT2D eigenvalue weighted by Gasteiger charge is -2.34. The molecular weight excluding hydrogens is 489 g/mol. The number of carbonyl (C=O) groups excluding carboxylic acids is 2. The van der Waals surface area contributed by atoms with E-state index in [-0.39, 0.29) is 36.1 Å². The Kier molecular flexibility index (Phi) is 8.33. The molecule has 0 saturated carbocycles. The van der Waals surface area contributed by atoms with Crippen LogP contribution < -0.4 is 15.1 Å². The van der Waals surface area contributed by atoms with Gasteiger partial charge in [-0.25, -0.2) is 9.18 Å². The molecule has 2 aliphatic rings. The number of halogens is 2. The lowest BCUT2D eigenvalue weighted by Crippen LogP contribution is -2.50. The zero-order chi connectivity index (χ0) is 25.8. The Morgan fingerprint density at radius 2 is 1.83 bits per heavy atom. The summed E-state index contributed by atoms with van der Waals surface area (Å²) in [6.45, 7) is 4.97. The van der Waals surface area contributed by atoms with Gasteiger partial charge in [-0.3, -0.25) is 14.6 Å². The summed E-state index contributed by atoms with van der Waals surface area (Å²) in [6.07, 6.45) is 1.23. The van der Waals surface area contributed by atoms with Crippen LogP contribution >= 0.6 is 11.6 Å². The molecule has 0 aromatic heterocycles. The molecular formula is C26H31ClFN3O5. The summed E-state index contributed by atoms with van der Waals surface area (Å²) in [5.41, 5.74) is 1.52. The van der Waals surface area contributed by atoms with E-state index in [1.807, 2.05) is 16.7 Å². The van der Waals surface area contributed by atoms with E-state index in [9.17, 15) is 19.1 Å². The number of amides is 1. The van der Waals surface area contributed by atoms with Gasteiger partial charge in [-0.2, -0.15) is 0 Å². The second-order valence-electron chi connectivity index (χ2n) is 9.20. The Balaban J connectivity index is 1.38. The second kappa shape index (κ2) is 11.5. The molecule has 2 saturated heterocycles. The summed E-state index contributed by atoms with van der Waals surface area (Å²) in [5, 5.41) is 14.9. The largest absolute Gasteiger partial charge is 0.390 e. The van der Waals surface area contributed by atoms with E-state index in [2.05, 4.69) is 5.32 Å². The molecule has 2 atom stereocenters. The highest BCUT2D eigenvalue weighted by atomic mass is 35.5. The van der Waals surface area contributed by atoms with Crippen LogP contribution in [0.2, 0.25) is 5.02 Å². The van der Waals surface area contributed by atoms with Gasteiger partial charge in [0.1, 0.15) is 5.82 Å². The van der Waals surface area contributed by atoms with Crippen molar-refractivity contribution in [1.29, 1.82) is 0 Å². The Morgan fingerprint density at radius 1 is 1.14 bits per heavy atom. The first-order valence-corrected chi connectivity index (χ1v) is 12.5. The highest BCUT2D eigenvalue weighted by molar-refractivity contribution is 6.30. The van der Waals surface area contributed by atoms with E-state index in [0.717, 1.165) is 12.8 Å². The quantitative estimate of drug-likeness (QED) is 0.428. The maximum atomic E-state index is 14.6. The molecule has 4 rings (SSSR count).